The molecule has 0 fully saturated rings. The molecule has 0 aliphatic heterocycles. The van der Waals surface area contributed by atoms with E-state index in [2.05, 4.69) is 10.2 Å². The second kappa shape index (κ2) is 7.75. The van der Waals surface area contributed by atoms with Gasteiger partial charge in [-0.25, -0.2) is 0 Å². The van der Waals surface area contributed by atoms with Gasteiger partial charge in [0.25, 0.3) is 0 Å². The Balaban J connectivity index is 1.74. The van der Waals surface area contributed by atoms with Crippen molar-refractivity contribution in [3.63, 3.8) is 0 Å². The van der Waals surface area contributed by atoms with Gasteiger partial charge in [0, 0.05) is 10.8 Å². The van der Waals surface area contributed by atoms with E-state index in [1.165, 1.54) is 6.26 Å². The van der Waals surface area contributed by atoms with Gasteiger partial charge in [-0.15, -0.1) is 10.2 Å². The van der Waals surface area contributed by atoms with Crippen LogP contribution in [-0.2, 0) is 12.4 Å². The first-order chi connectivity index (χ1) is 16.1. The highest BCUT2D eigenvalue weighted by atomic mass is 19.4. The number of benzene rings is 3. The Morgan fingerprint density at radius 2 is 1.41 bits per heavy atom. The molecular formula is C24H12F6N2O2. The van der Waals surface area contributed by atoms with E-state index in [0.717, 1.165) is 10.8 Å². The molecule has 0 amide bonds. The van der Waals surface area contributed by atoms with E-state index in [0.29, 0.717) is 35.0 Å². The molecule has 10 heteroatoms. The van der Waals surface area contributed by atoms with Crippen LogP contribution in [0.4, 0.5) is 26.3 Å². The van der Waals surface area contributed by atoms with Gasteiger partial charge in [-0.2, -0.15) is 26.3 Å². The summed E-state index contributed by atoms with van der Waals surface area (Å²) in [6.07, 6.45) is -8.40. The quantitative estimate of drug-likeness (QED) is 0.197. The number of furan rings is 1. The molecule has 5 aromatic rings. The van der Waals surface area contributed by atoms with Crippen LogP contribution in [0.2, 0.25) is 0 Å². The Morgan fingerprint density at radius 3 is 2.03 bits per heavy atom. The number of ether oxygens (including phenoxy) is 1. The summed E-state index contributed by atoms with van der Waals surface area (Å²) < 4.78 is 91.0. The lowest BCUT2D eigenvalue weighted by atomic mass is 10.0. The molecule has 0 saturated heterocycles. The molecule has 0 aliphatic carbocycles. The second-order valence-corrected chi connectivity index (χ2v) is 7.38. The highest BCUT2D eigenvalue weighted by molar-refractivity contribution is 6.05. The Morgan fingerprint density at radius 1 is 0.706 bits per heavy atom. The first-order valence-electron chi connectivity index (χ1n) is 9.80. The molecule has 0 bridgehead atoms. The molecule has 0 atom stereocenters. The third-order valence-electron chi connectivity index (χ3n) is 5.19. The topological polar surface area (TPSA) is 48.2 Å². The largest absolute Gasteiger partial charge is 0.463 e. The Bertz CT molecular complexity index is 1510. The van der Waals surface area contributed by atoms with Gasteiger partial charge in [-0.1, -0.05) is 24.3 Å². The number of fused-ring (bicyclic) bond motifs is 2. The Kier molecular flexibility index (Phi) is 4.96. The minimum Gasteiger partial charge on any atom is -0.463 e. The Labute approximate surface area is 187 Å². The number of hydrogen-bond acceptors (Lipinski definition) is 4. The maximum atomic E-state index is 13.5. The number of alkyl halides is 6. The van der Waals surface area contributed by atoms with Gasteiger partial charge >= 0.3 is 12.4 Å². The van der Waals surface area contributed by atoms with Crippen LogP contribution in [0.1, 0.15) is 11.1 Å². The predicted octanol–water partition coefficient (Wildman–Crippen LogP) is 7.87. The zero-order valence-corrected chi connectivity index (χ0v) is 16.9. The maximum Gasteiger partial charge on any atom is 0.419 e. The summed E-state index contributed by atoms with van der Waals surface area (Å²) in [4.78, 5) is 0. The molecule has 4 nitrogen and oxygen atoms in total. The first kappa shape index (κ1) is 21.7. The monoisotopic (exact) mass is 474 g/mol. The van der Waals surface area contributed by atoms with Gasteiger partial charge in [-0.3, -0.25) is 0 Å². The van der Waals surface area contributed by atoms with Crippen LogP contribution in [0.25, 0.3) is 33.0 Å². The van der Waals surface area contributed by atoms with Gasteiger partial charge in [0.1, 0.15) is 11.4 Å². The summed E-state index contributed by atoms with van der Waals surface area (Å²) in [5.41, 5.74) is -2.35. The molecule has 0 aliphatic rings. The molecule has 0 radical (unpaired) electrons. The fourth-order valence-corrected chi connectivity index (χ4v) is 3.61. The fourth-order valence-electron chi connectivity index (χ4n) is 3.61. The van der Waals surface area contributed by atoms with Gasteiger partial charge in [0.05, 0.1) is 17.4 Å². The lowest BCUT2D eigenvalue weighted by Gasteiger charge is -2.17. The van der Waals surface area contributed by atoms with E-state index in [9.17, 15) is 26.3 Å². The highest BCUT2D eigenvalue weighted by Gasteiger charge is 2.38. The summed E-state index contributed by atoms with van der Waals surface area (Å²) in [7, 11) is 0. The number of nitrogens with zero attached hydrogens (tertiary/aromatic N) is 2. The van der Waals surface area contributed by atoms with E-state index >= 15 is 0 Å². The SMILES string of the molecule is FC(F)(F)c1ccc(C(F)(F)F)c(Oc2nnc(-c3ccco3)c3cc4ccccc4cc23)c1. The fraction of sp³-hybridized carbons (Fsp3) is 0.0833. The number of hydrogen-bond donors (Lipinski definition) is 0. The second-order valence-electron chi connectivity index (χ2n) is 7.38. The van der Waals surface area contributed by atoms with Crippen LogP contribution >= 0.6 is 0 Å². The maximum absolute atomic E-state index is 13.5. The minimum atomic E-state index is -4.95. The van der Waals surface area contributed by atoms with Crippen molar-refractivity contribution in [2.24, 2.45) is 0 Å². The van der Waals surface area contributed by atoms with Gasteiger partial charge in [0.15, 0.2) is 5.76 Å². The summed E-state index contributed by atoms with van der Waals surface area (Å²) in [5, 5.41) is 10.2. The molecule has 0 N–H and O–H groups in total. The van der Waals surface area contributed by atoms with Gasteiger partial charge in [-0.05, 0) is 53.2 Å². The highest BCUT2D eigenvalue weighted by Crippen LogP contribution is 2.43. The van der Waals surface area contributed by atoms with E-state index in [1.807, 2.05) is 12.1 Å². The van der Waals surface area contributed by atoms with E-state index in [1.54, 1.807) is 36.4 Å². The van der Waals surface area contributed by atoms with Crippen molar-refractivity contribution in [3.8, 4) is 23.1 Å². The molecule has 34 heavy (non-hydrogen) atoms. The molecule has 3 aromatic carbocycles. The first-order valence-corrected chi connectivity index (χ1v) is 9.80. The zero-order chi connectivity index (χ0) is 24.1. The van der Waals surface area contributed by atoms with Crippen LogP contribution < -0.4 is 4.74 Å². The molecule has 172 valence electrons. The summed E-state index contributed by atoms with van der Waals surface area (Å²) in [5.74, 6) is -1.05. The van der Waals surface area contributed by atoms with Crippen molar-refractivity contribution in [3.05, 3.63) is 84.1 Å². The average molecular weight is 474 g/mol. The van der Waals surface area contributed by atoms with Crippen molar-refractivity contribution in [1.29, 1.82) is 0 Å². The van der Waals surface area contributed by atoms with E-state index in [4.69, 9.17) is 9.15 Å². The zero-order valence-electron chi connectivity index (χ0n) is 16.9. The summed E-state index contributed by atoms with van der Waals surface area (Å²) in [6, 6.07) is 14.8. The summed E-state index contributed by atoms with van der Waals surface area (Å²) in [6.45, 7) is 0. The molecule has 0 unspecified atom stereocenters. The van der Waals surface area contributed by atoms with Gasteiger partial charge in [0.2, 0.25) is 5.88 Å². The number of halogens is 6. The molecule has 0 saturated carbocycles. The van der Waals surface area contributed by atoms with Crippen molar-refractivity contribution in [2.45, 2.75) is 12.4 Å². The molecule has 2 aromatic heterocycles. The van der Waals surface area contributed by atoms with Crippen LogP contribution in [-0.4, -0.2) is 10.2 Å². The molecule has 0 spiro atoms. The Hall–Kier alpha value is -4.08. The van der Waals surface area contributed by atoms with Crippen LogP contribution in [0.3, 0.4) is 0 Å². The molecular weight excluding hydrogens is 462 g/mol. The predicted molar refractivity (Wildman–Crippen MR) is 111 cm³/mol. The van der Waals surface area contributed by atoms with Crippen molar-refractivity contribution < 1.29 is 35.5 Å². The summed E-state index contributed by atoms with van der Waals surface area (Å²) >= 11 is 0. The number of aromatic nitrogens is 2. The van der Waals surface area contributed by atoms with Crippen LogP contribution in [0.5, 0.6) is 11.6 Å². The van der Waals surface area contributed by atoms with Crippen LogP contribution in [0.15, 0.2) is 77.4 Å². The smallest absolute Gasteiger partial charge is 0.419 e. The minimum absolute atomic E-state index is 0.255. The normalized spacial score (nSPS) is 12.4. The van der Waals surface area contributed by atoms with Crippen molar-refractivity contribution >= 4 is 21.5 Å². The molecule has 5 rings (SSSR count). The molecule has 2 heterocycles. The van der Waals surface area contributed by atoms with Gasteiger partial charge < -0.3 is 9.15 Å². The van der Waals surface area contributed by atoms with E-state index in [-0.39, 0.29) is 11.3 Å². The van der Waals surface area contributed by atoms with Crippen molar-refractivity contribution in [2.75, 3.05) is 0 Å². The third kappa shape index (κ3) is 3.91. The number of rotatable bonds is 3. The lowest BCUT2D eigenvalue weighted by Crippen LogP contribution is -2.11. The van der Waals surface area contributed by atoms with Crippen molar-refractivity contribution in [1.82, 2.24) is 10.2 Å². The van der Waals surface area contributed by atoms with E-state index < -0.39 is 29.2 Å². The van der Waals surface area contributed by atoms with Crippen LogP contribution in [0, 0.1) is 0 Å². The third-order valence-corrected chi connectivity index (χ3v) is 5.19. The average Bonchev–Trinajstić information content (AvgIpc) is 3.31. The lowest BCUT2D eigenvalue weighted by molar-refractivity contribution is -0.142. The standard InChI is InChI=1S/C24H12F6N2O2/c25-23(26,27)15-7-8-18(24(28,29)30)20(12-15)34-22-17-11-14-5-2-1-4-13(14)10-16(17)21(31-32-22)19-6-3-9-33-19/h1-12H.